The summed E-state index contributed by atoms with van der Waals surface area (Å²) in [5, 5.41) is 8.42. The van der Waals surface area contributed by atoms with Gasteiger partial charge in [0.1, 0.15) is 0 Å². The van der Waals surface area contributed by atoms with Crippen molar-refractivity contribution in [2.24, 2.45) is 5.92 Å². The summed E-state index contributed by atoms with van der Waals surface area (Å²) >= 11 is 0. The Labute approximate surface area is 63.4 Å². The van der Waals surface area contributed by atoms with Crippen LogP contribution in [-0.2, 0) is 0 Å². The average molecular weight is 137 g/mol. The summed E-state index contributed by atoms with van der Waals surface area (Å²) in [6.45, 7) is 4.07. The van der Waals surface area contributed by atoms with Crippen LogP contribution in [0.1, 0.15) is 33.1 Å². The van der Waals surface area contributed by atoms with Gasteiger partial charge in [0.2, 0.25) is 0 Å². The molecular weight excluding hydrogens is 122 g/mol. The van der Waals surface area contributed by atoms with Gasteiger partial charge in [-0.3, -0.25) is 0 Å². The Balaban J connectivity index is 3.21. The molecule has 0 aromatic rings. The summed E-state index contributed by atoms with van der Waals surface area (Å²) in [4.78, 5) is 0. The molecule has 0 N–H and O–H groups in total. The van der Waals surface area contributed by atoms with Crippen LogP contribution in [0, 0.1) is 17.2 Å². The van der Waals surface area contributed by atoms with Gasteiger partial charge >= 0.3 is 0 Å². The lowest BCUT2D eigenvalue weighted by Crippen LogP contribution is -1.86. The number of hydrogen-bond acceptors (Lipinski definition) is 1. The lowest BCUT2D eigenvalue weighted by molar-refractivity contribution is 0.670. The summed E-state index contributed by atoms with van der Waals surface area (Å²) in [6.07, 6.45) is 7.43. The lowest BCUT2D eigenvalue weighted by Gasteiger charge is -1.95. The maximum Gasteiger partial charge on any atom is 0.0652 e. The van der Waals surface area contributed by atoms with Crippen LogP contribution in [0.15, 0.2) is 12.2 Å². The number of hydrogen-bond donors (Lipinski definition) is 0. The van der Waals surface area contributed by atoms with E-state index in [1.807, 2.05) is 6.92 Å². The largest absolute Gasteiger partial charge is 0.198 e. The van der Waals surface area contributed by atoms with Crippen molar-refractivity contribution in [2.75, 3.05) is 0 Å². The third kappa shape index (κ3) is 5.37. The van der Waals surface area contributed by atoms with E-state index in [0.717, 1.165) is 19.3 Å². The Bertz CT molecular complexity index is 130. The highest BCUT2D eigenvalue weighted by atomic mass is 14.2. The Kier molecular flexibility index (Phi) is 5.86. The van der Waals surface area contributed by atoms with Crippen LogP contribution in [0.4, 0.5) is 0 Å². The third-order valence-corrected chi connectivity index (χ3v) is 1.39. The highest BCUT2D eigenvalue weighted by Gasteiger charge is 1.94. The Morgan fingerprint density at radius 1 is 1.50 bits per heavy atom. The van der Waals surface area contributed by atoms with Crippen molar-refractivity contribution in [3.05, 3.63) is 12.2 Å². The molecule has 0 aromatic heterocycles. The molecule has 0 saturated heterocycles. The molecule has 1 atom stereocenters. The van der Waals surface area contributed by atoms with E-state index >= 15 is 0 Å². The van der Waals surface area contributed by atoms with Crippen LogP contribution in [0.25, 0.3) is 0 Å². The number of nitrogens with zero attached hydrogens (tertiary/aromatic N) is 1. The molecule has 0 bridgehead atoms. The highest BCUT2D eigenvalue weighted by molar-refractivity contribution is 4.85. The van der Waals surface area contributed by atoms with Crippen LogP contribution in [-0.4, -0.2) is 0 Å². The molecular formula is C9H15N. The second-order valence-corrected chi connectivity index (χ2v) is 2.49. The van der Waals surface area contributed by atoms with Gasteiger partial charge in [-0.25, -0.2) is 0 Å². The van der Waals surface area contributed by atoms with Gasteiger partial charge in [0.25, 0.3) is 0 Å². The van der Waals surface area contributed by atoms with Gasteiger partial charge in [0.05, 0.1) is 6.07 Å². The van der Waals surface area contributed by atoms with Crippen molar-refractivity contribution in [1.29, 1.82) is 5.26 Å². The van der Waals surface area contributed by atoms with Gasteiger partial charge in [0.15, 0.2) is 0 Å². The Hall–Kier alpha value is -0.770. The van der Waals surface area contributed by atoms with E-state index in [1.165, 1.54) is 0 Å². The first-order valence-electron chi connectivity index (χ1n) is 3.85. The molecule has 0 fully saturated rings. The van der Waals surface area contributed by atoms with Crippen molar-refractivity contribution in [1.82, 2.24) is 0 Å². The SMILES string of the molecule is CCC=CCCC(C)C#N. The Morgan fingerprint density at radius 2 is 2.20 bits per heavy atom. The van der Waals surface area contributed by atoms with Crippen LogP contribution < -0.4 is 0 Å². The van der Waals surface area contributed by atoms with E-state index < -0.39 is 0 Å². The molecule has 1 nitrogen and oxygen atoms in total. The molecule has 0 radical (unpaired) electrons. The smallest absolute Gasteiger partial charge is 0.0652 e. The average Bonchev–Trinajstić information content (AvgIpc) is 1.98. The van der Waals surface area contributed by atoms with E-state index in [1.54, 1.807) is 0 Å². The highest BCUT2D eigenvalue weighted by Crippen LogP contribution is 2.03. The van der Waals surface area contributed by atoms with Crippen LogP contribution in [0.5, 0.6) is 0 Å². The predicted octanol–water partition coefficient (Wildman–Crippen LogP) is 2.89. The quantitative estimate of drug-likeness (QED) is 0.546. The van der Waals surface area contributed by atoms with E-state index in [2.05, 4.69) is 25.1 Å². The van der Waals surface area contributed by atoms with Crippen molar-refractivity contribution in [3.8, 4) is 6.07 Å². The molecule has 1 unspecified atom stereocenters. The number of rotatable bonds is 4. The zero-order chi connectivity index (χ0) is 7.82. The minimum Gasteiger partial charge on any atom is -0.198 e. The number of nitriles is 1. The summed E-state index contributed by atoms with van der Waals surface area (Å²) < 4.78 is 0. The zero-order valence-corrected chi connectivity index (χ0v) is 6.80. The lowest BCUT2D eigenvalue weighted by atomic mass is 10.1. The van der Waals surface area contributed by atoms with Crippen LogP contribution in [0.2, 0.25) is 0 Å². The summed E-state index contributed by atoms with van der Waals surface area (Å²) in [7, 11) is 0. The van der Waals surface area contributed by atoms with E-state index in [4.69, 9.17) is 5.26 Å². The normalized spacial score (nSPS) is 13.3. The minimum atomic E-state index is 0.210. The predicted molar refractivity (Wildman–Crippen MR) is 43.4 cm³/mol. The third-order valence-electron chi connectivity index (χ3n) is 1.39. The van der Waals surface area contributed by atoms with E-state index in [9.17, 15) is 0 Å². The monoisotopic (exact) mass is 137 g/mol. The van der Waals surface area contributed by atoms with Gasteiger partial charge in [-0.05, 0) is 26.2 Å². The molecule has 0 rings (SSSR count). The van der Waals surface area contributed by atoms with E-state index in [-0.39, 0.29) is 5.92 Å². The summed E-state index contributed by atoms with van der Waals surface area (Å²) in [6, 6.07) is 2.21. The maximum atomic E-state index is 8.42. The fourth-order valence-corrected chi connectivity index (χ4v) is 0.695. The number of allylic oxidation sites excluding steroid dienone is 2. The fourth-order valence-electron chi connectivity index (χ4n) is 0.695. The zero-order valence-electron chi connectivity index (χ0n) is 6.80. The van der Waals surface area contributed by atoms with Crippen molar-refractivity contribution < 1.29 is 0 Å². The molecule has 0 amide bonds. The second-order valence-electron chi connectivity index (χ2n) is 2.49. The standard InChI is InChI=1S/C9H15N/c1-3-4-5-6-7-9(2)8-10/h4-5,9H,3,6-7H2,1-2H3. The first kappa shape index (κ1) is 9.23. The Morgan fingerprint density at radius 3 is 2.70 bits per heavy atom. The van der Waals surface area contributed by atoms with Crippen molar-refractivity contribution >= 4 is 0 Å². The summed E-state index contributed by atoms with van der Waals surface area (Å²) in [5.74, 6) is 0.210. The second kappa shape index (κ2) is 6.35. The molecule has 10 heavy (non-hydrogen) atoms. The molecule has 0 aromatic carbocycles. The van der Waals surface area contributed by atoms with E-state index in [0.29, 0.717) is 0 Å². The first-order valence-corrected chi connectivity index (χ1v) is 3.85. The topological polar surface area (TPSA) is 23.8 Å². The van der Waals surface area contributed by atoms with Crippen LogP contribution in [0.3, 0.4) is 0 Å². The van der Waals surface area contributed by atoms with Crippen molar-refractivity contribution in [2.45, 2.75) is 33.1 Å². The molecule has 0 saturated carbocycles. The molecule has 0 aliphatic carbocycles. The van der Waals surface area contributed by atoms with Gasteiger partial charge < -0.3 is 0 Å². The van der Waals surface area contributed by atoms with Crippen molar-refractivity contribution in [3.63, 3.8) is 0 Å². The van der Waals surface area contributed by atoms with Gasteiger partial charge in [-0.2, -0.15) is 5.26 Å². The maximum absolute atomic E-state index is 8.42. The molecule has 56 valence electrons. The molecule has 0 heterocycles. The van der Waals surface area contributed by atoms with Gasteiger partial charge in [-0.1, -0.05) is 19.1 Å². The summed E-state index contributed by atoms with van der Waals surface area (Å²) in [5.41, 5.74) is 0. The molecule has 0 aliphatic heterocycles. The minimum absolute atomic E-state index is 0.210. The van der Waals surface area contributed by atoms with Gasteiger partial charge in [0, 0.05) is 5.92 Å². The molecule has 1 heteroatoms. The van der Waals surface area contributed by atoms with Gasteiger partial charge in [-0.15, -0.1) is 0 Å². The first-order chi connectivity index (χ1) is 4.81. The molecule has 0 spiro atoms. The van der Waals surface area contributed by atoms with Crippen LogP contribution >= 0.6 is 0 Å². The molecule has 0 aliphatic rings. The fraction of sp³-hybridized carbons (Fsp3) is 0.667.